The van der Waals surface area contributed by atoms with Crippen LogP contribution >= 0.6 is 0 Å². The molecule has 0 radical (unpaired) electrons. The summed E-state index contributed by atoms with van der Waals surface area (Å²) in [5.74, 6) is 1.64. The van der Waals surface area contributed by atoms with Crippen molar-refractivity contribution < 1.29 is 10.2 Å². The lowest BCUT2D eigenvalue weighted by Crippen LogP contribution is -2.42. The number of likely N-dealkylation sites (tertiary alicyclic amines) is 1. The molecule has 1 saturated carbocycles. The van der Waals surface area contributed by atoms with Crippen molar-refractivity contribution in [3.05, 3.63) is 0 Å². The van der Waals surface area contributed by atoms with Gasteiger partial charge in [-0.25, -0.2) is 0 Å². The Labute approximate surface area is 105 Å². The summed E-state index contributed by atoms with van der Waals surface area (Å²) < 4.78 is 0. The molecule has 1 heterocycles. The average molecular weight is 241 g/mol. The summed E-state index contributed by atoms with van der Waals surface area (Å²) in [7, 11) is 0. The summed E-state index contributed by atoms with van der Waals surface area (Å²) in [5, 5.41) is 20.2. The summed E-state index contributed by atoms with van der Waals surface area (Å²) in [5.41, 5.74) is -0.518. The Morgan fingerprint density at radius 3 is 2.53 bits per heavy atom. The zero-order valence-corrected chi connectivity index (χ0v) is 11.4. The van der Waals surface area contributed by atoms with Crippen molar-refractivity contribution in [1.29, 1.82) is 0 Å². The van der Waals surface area contributed by atoms with Gasteiger partial charge in [-0.1, -0.05) is 13.8 Å². The van der Waals surface area contributed by atoms with Crippen LogP contribution in [0.25, 0.3) is 0 Å². The normalized spacial score (nSPS) is 48.5. The largest absolute Gasteiger partial charge is 0.393 e. The molecule has 1 aliphatic heterocycles. The number of nitrogens with zero attached hydrogens (tertiary/aromatic N) is 1. The molecule has 0 amide bonds. The third kappa shape index (κ3) is 3.21. The van der Waals surface area contributed by atoms with Crippen molar-refractivity contribution >= 4 is 0 Å². The van der Waals surface area contributed by atoms with Gasteiger partial charge in [-0.05, 0) is 38.0 Å². The monoisotopic (exact) mass is 241 g/mol. The van der Waals surface area contributed by atoms with Gasteiger partial charge >= 0.3 is 0 Å². The molecule has 2 aliphatic rings. The molecule has 5 atom stereocenters. The maximum atomic E-state index is 10.2. The molecule has 0 spiro atoms. The van der Waals surface area contributed by atoms with Crippen molar-refractivity contribution in [1.82, 2.24) is 4.90 Å². The fraction of sp³-hybridized carbons (Fsp3) is 1.00. The van der Waals surface area contributed by atoms with E-state index in [0.717, 1.165) is 32.5 Å². The van der Waals surface area contributed by atoms with Gasteiger partial charge in [-0.3, -0.25) is 4.90 Å². The van der Waals surface area contributed by atoms with Gasteiger partial charge in [0.15, 0.2) is 0 Å². The van der Waals surface area contributed by atoms with Crippen molar-refractivity contribution in [3.63, 3.8) is 0 Å². The predicted octanol–water partition coefficient (Wildman–Crippen LogP) is 1.49. The summed E-state index contributed by atoms with van der Waals surface area (Å²) in [6.07, 6.45) is 2.88. The van der Waals surface area contributed by atoms with Gasteiger partial charge in [0.05, 0.1) is 11.7 Å². The van der Waals surface area contributed by atoms with Crippen LogP contribution < -0.4 is 0 Å². The van der Waals surface area contributed by atoms with Crippen LogP contribution in [0, 0.1) is 17.8 Å². The molecule has 1 saturated heterocycles. The van der Waals surface area contributed by atoms with Crippen LogP contribution in [0.2, 0.25) is 0 Å². The Bertz CT molecular complexity index is 255. The maximum absolute atomic E-state index is 10.2. The Kier molecular flexibility index (Phi) is 3.81. The highest BCUT2D eigenvalue weighted by molar-refractivity contribution is 4.90. The Morgan fingerprint density at radius 1 is 1.29 bits per heavy atom. The first-order valence-electron chi connectivity index (χ1n) is 7.00. The molecule has 5 unspecified atom stereocenters. The molecule has 0 aromatic heterocycles. The summed E-state index contributed by atoms with van der Waals surface area (Å²) in [6, 6.07) is 0. The van der Waals surface area contributed by atoms with E-state index >= 15 is 0 Å². The minimum atomic E-state index is -0.518. The molecule has 2 N–H and O–H groups in total. The van der Waals surface area contributed by atoms with Crippen molar-refractivity contribution in [2.24, 2.45) is 17.8 Å². The van der Waals surface area contributed by atoms with E-state index < -0.39 is 5.60 Å². The molecule has 2 rings (SSSR count). The van der Waals surface area contributed by atoms with E-state index in [2.05, 4.69) is 18.7 Å². The van der Waals surface area contributed by atoms with Gasteiger partial charge in [0.1, 0.15) is 0 Å². The van der Waals surface area contributed by atoms with Gasteiger partial charge < -0.3 is 10.2 Å². The lowest BCUT2D eigenvalue weighted by molar-refractivity contribution is -0.00417. The van der Waals surface area contributed by atoms with Crippen LogP contribution in [-0.4, -0.2) is 46.5 Å². The van der Waals surface area contributed by atoms with Crippen molar-refractivity contribution in [2.45, 2.75) is 51.7 Å². The molecular weight excluding hydrogens is 214 g/mol. The molecule has 100 valence electrons. The second-order valence-electron chi connectivity index (χ2n) is 6.77. The molecular formula is C14H27NO2. The van der Waals surface area contributed by atoms with E-state index in [-0.39, 0.29) is 6.10 Å². The first-order chi connectivity index (χ1) is 7.87. The highest BCUT2D eigenvalue weighted by Gasteiger charge is 2.37. The number of β-amino-alcohol motifs (C(OH)–C–C–N with tert-alkyl or cyclic N) is 1. The Hall–Kier alpha value is -0.120. The van der Waals surface area contributed by atoms with E-state index in [1.54, 1.807) is 0 Å². The Balaban J connectivity index is 1.90. The van der Waals surface area contributed by atoms with Crippen LogP contribution in [-0.2, 0) is 0 Å². The topological polar surface area (TPSA) is 43.7 Å². The smallest absolute Gasteiger partial charge is 0.0758 e. The van der Waals surface area contributed by atoms with Gasteiger partial charge in [-0.15, -0.1) is 0 Å². The van der Waals surface area contributed by atoms with E-state index in [9.17, 15) is 10.2 Å². The lowest BCUT2D eigenvalue weighted by atomic mass is 9.73. The summed E-state index contributed by atoms with van der Waals surface area (Å²) in [4.78, 5) is 2.32. The number of rotatable bonds is 2. The fourth-order valence-corrected chi connectivity index (χ4v) is 3.67. The van der Waals surface area contributed by atoms with E-state index in [1.165, 1.54) is 6.42 Å². The van der Waals surface area contributed by atoms with Gasteiger partial charge in [0, 0.05) is 25.6 Å². The standard InChI is InChI=1S/C14H27NO2/c1-10-6-11(2)12(13(16)7-10)8-15-5-4-14(3,17)9-15/h10-13,16-17H,4-9H2,1-3H3. The zero-order valence-electron chi connectivity index (χ0n) is 11.4. The van der Waals surface area contributed by atoms with Gasteiger partial charge in [0.25, 0.3) is 0 Å². The minimum Gasteiger partial charge on any atom is -0.393 e. The van der Waals surface area contributed by atoms with Crippen LogP contribution in [0.3, 0.4) is 0 Å². The minimum absolute atomic E-state index is 0.153. The van der Waals surface area contributed by atoms with Gasteiger partial charge in [0.2, 0.25) is 0 Å². The highest BCUT2D eigenvalue weighted by Crippen LogP contribution is 2.35. The maximum Gasteiger partial charge on any atom is 0.0758 e. The van der Waals surface area contributed by atoms with E-state index in [0.29, 0.717) is 17.8 Å². The molecule has 0 bridgehead atoms. The van der Waals surface area contributed by atoms with E-state index in [4.69, 9.17) is 0 Å². The summed E-state index contributed by atoms with van der Waals surface area (Å²) in [6.45, 7) is 9.09. The average Bonchev–Trinajstić information content (AvgIpc) is 2.52. The molecule has 3 heteroatoms. The lowest BCUT2D eigenvalue weighted by Gasteiger charge is -2.39. The predicted molar refractivity (Wildman–Crippen MR) is 68.7 cm³/mol. The number of aliphatic hydroxyl groups is 2. The Morgan fingerprint density at radius 2 is 2.00 bits per heavy atom. The SMILES string of the molecule is CC1CC(C)C(CN2CCC(C)(O)C2)C(O)C1. The molecule has 1 aliphatic carbocycles. The third-order valence-corrected chi connectivity index (χ3v) is 4.64. The number of aliphatic hydroxyl groups excluding tert-OH is 1. The molecule has 0 aromatic carbocycles. The van der Waals surface area contributed by atoms with Crippen molar-refractivity contribution in [2.75, 3.05) is 19.6 Å². The first-order valence-corrected chi connectivity index (χ1v) is 7.00. The van der Waals surface area contributed by atoms with Crippen LogP contribution in [0.1, 0.15) is 40.0 Å². The molecule has 2 fully saturated rings. The summed E-state index contributed by atoms with van der Waals surface area (Å²) >= 11 is 0. The quantitative estimate of drug-likeness (QED) is 0.770. The number of hydrogen-bond acceptors (Lipinski definition) is 3. The van der Waals surface area contributed by atoms with Crippen LogP contribution in [0.5, 0.6) is 0 Å². The first kappa shape index (κ1) is 13.3. The number of hydrogen-bond donors (Lipinski definition) is 2. The second-order valence-corrected chi connectivity index (χ2v) is 6.77. The second kappa shape index (κ2) is 4.87. The van der Waals surface area contributed by atoms with Crippen LogP contribution in [0.15, 0.2) is 0 Å². The molecule has 3 nitrogen and oxygen atoms in total. The zero-order chi connectivity index (χ0) is 12.6. The van der Waals surface area contributed by atoms with Gasteiger partial charge in [-0.2, -0.15) is 0 Å². The highest BCUT2D eigenvalue weighted by atomic mass is 16.3. The van der Waals surface area contributed by atoms with E-state index in [1.807, 2.05) is 6.92 Å². The fourth-order valence-electron chi connectivity index (χ4n) is 3.67. The molecule has 17 heavy (non-hydrogen) atoms. The molecule has 0 aromatic rings. The van der Waals surface area contributed by atoms with Crippen molar-refractivity contribution in [3.8, 4) is 0 Å². The van der Waals surface area contributed by atoms with Crippen LogP contribution in [0.4, 0.5) is 0 Å². The third-order valence-electron chi connectivity index (χ3n) is 4.64.